The molecule has 1 saturated heterocycles. The van der Waals surface area contributed by atoms with E-state index in [0.29, 0.717) is 18.7 Å². The van der Waals surface area contributed by atoms with Crippen molar-refractivity contribution >= 4 is 16.9 Å². The van der Waals surface area contributed by atoms with Gasteiger partial charge in [0.2, 0.25) is 0 Å². The Bertz CT molecular complexity index is 665. The molecule has 0 radical (unpaired) electrons. The van der Waals surface area contributed by atoms with Gasteiger partial charge >= 0.3 is 0 Å². The minimum absolute atomic E-state index is 0.00565. The number of aliphatic hydroxyl groups excluding tert-OH is 1. The van der Waals surface area contributed by atoms with Crippen LogP contribution in [-0.4, -0.2) is 50.1 Å². The number of hydrogen-bond acceptors (Lipinski definition) is 4. The van der Waals surface area contributed by atoms with E-state index in [1.807, 2.05) is 28.6 Å². The van der Waals surface area contributed by atoms with E-state index in [4.69, 9.17) is 0 Å². The summed E-state index contributed by atoms with van der Waals surface area (Å²) < 4.78 is 1.81. The van der Waals surface area contributed by atoms with Crippen LogP contribution in [0.2, 0.25) is 0 Å². The first-order chi connectivity index (χ1) is 10.1. The van der Waals surface area contributed by atoms with Crippen molar-refractivity contribution in [3.05, 3.63) is 23.8 Å². The molecule has 2 atom stereocenters. The van der Waals surface area contributed by atoms with Gasteiger partial charge in [0, 0.05) is 31.1 Å². The van der Waals surface area contributed by atoms with Crippen LogP contribution in [0.15, 0.2) is 18.2 Å². The number of carbonyl (C=O) groups is 1. The zero-order valence-corrected chi connectivity index (χ0v) is 12.4. The third-order valence-corrected chi connectivity index (χ3v) is 4.25. The van der Waals surface area contributed by atoms with Crippen molar-refractivity contribution < 1.29 is 9.90 Å². The molecule has 2 heterocycles. The lowest BCUT2D eigenvalue weighted by molar-refractivity contribution is 0.0762. The van der Waals surface area contributed by atoms with E-state index < -0.39 is 0 Å². The number of aliphatic hydroxyl groups is 1. The second-order valence-corrected chi connectivity index (χ2v) is 5.65. The van der Waals surface area contributed by atoms with Crippen molar-refractivity contribution in [1.82, 2.24) is 19.9 Å². The molecule has 1 N–H and O–H groups in total. The lowest BCUT2D eigenvalue weighted by Gasteiger charge is -2.17. The predicted molar refractivity (Wildman–Crippen MR) is 78.9 cm³/mol. The van der Waals surface area contributed by atoms with Gasteiger partial charge in [-0.2, -0.15) is 0 Å². The number of aryl methyl sites for hydroxylation is 1. The van der Waals surface area contributed by atoms with Crippen molar-refractivity contribution in [1.29, 1.82) is 0 Å². The molecule has 1 aromatic carbocycles. The van der Waals surface area contributed by atoms with Gasteiger partial charge < -0.3 is 10.0 Å². The highest BCUT2D eigenvalue weighted by Crippen LogP contribution is 2.22. The topological polar surface area (TPSA) is 71.2 Å². The van der Waals surface area contributed by atoms with E-state index >= 15 is 0 Å². The summed E-state index contributed by atoms with van der Waals surface area (Å²) >= 11 is 0. The van der Waals surface area contributed by atoms with Gasteiger partial charge in [-0.3, -0.25) is 4.79 Å². The standard InChI is InChI=1S/C15H20N4O2/c1-3-19-14-5-4-11(8-13(14)16-17-19)15(21)18-7-6-12(9-18)10(2)20/h4-5,8,10,12,20H,3,6-7,9H2,1-2H3. The van der Waals surface area contributed by atoms with E-state index in [-0.39, 0.29) is 17.9 Å². The average Bonchev–Trinajstić information content (AvgIpc) is 3.12. The minimum atomic E-state index is -0.366. The quantitative estimate of drug-likeness (QED) is 0.924. The molecule has 0 spiro atoms. The van der Waals surface area contributed by atoms with Gasteiger partial charge in [0.25, 0.3) is 5.91 Å². The number of fused-ring (bicyclic) bond motifs is 1. The Labute approximate surface area is 123 Å². The molecule has 6 heteroatoms. The van der Waals surface area contributed by atoms with E-state index in [2.05, 4.69) is 10.3 Å². The first-order valence-electron chi connectivity index (χ1n) is 7.40. The lowest BCUT2D eigenvalue weighted by atomic mass is 10.0. The zero-order valence-electron chi connectivity index (χ0n) is 12.4. The number of benzene rings is 1. The zero-order chi connectivity index (χ0) is 15.0. The SMILES string of the molecule is CCn1nnc2cc(C(=O)N3CCC(C(C)O)C3)ccc21. The van der Waals surface area contributed by atoms with E-state index in [0.717, 1.165) is 24.0 Å². The van der Waals surface area contributed by atoms with E-state index in [1.54, 1.807) is 13.0 Å². The van der Waals surface area contributed by atoms with Gasteiger partial charge in [-0.15, -0.1) is 5.10 Å². The number of amides is 1. The van der Waals surface area contributed by atoms with Crippen molar-refractivity contribution in [3.63, 3.8) is 0 Å². The summed E-state index contributed by atoms with van der Waals surface area (Å²) in [5.74, 6) is 0.185. The van der Waals surface area contributed by atoms with Crippen molar-refractivity contribution in [2.75, 3.05) is 13.1 Å². The molecule has 2 unspecified atom stereocenters. The second-order valence-electron chi connectivity index (χ2n) is 5.65. The van der Waals surface area contributed by atoms with Crippen LogP contribution in [0.5, 0.6) is 0 Å². The molecule has 1 fully saturated rings. The fraction of sp³-hybridized carbons (Fsp3) is 0.533. The molecule has 112 valence electrons. The van der Waals surface area contributed by atoms with E-state index in [9.17, 15) is 9.90 Å². The Balaban J connectivity index is 1.82. The smallest absolute Gasteiger partial charge is 0.253 e. The summed E-state index contributed by atoms with van der Waals surface area (Å²) in [6.07, 6.45) is 0.493. The highest BCUT2D eigenvalue weighted by atomic mass is 16.3. The number of carbonyl (C=O) groups excluding carboxylic acids is 1. The highest BCUT2D eigenvalue weighted by Gasteiger charge is 2.29. The Hall–Kier alpha value is -1.95. The summed E-state index contributed by atoms with van der Waals surface area (Å²) in [5.41, 5.74) is 2.32. The van der Waals surface area contributed by atoms with Crippen LogP contribution in [0.4, 0.5) is 0 Å². The number of rotatable bonds is 3. The van der Waals surface area contributed by atoms with E-state index in [1.165, 1.54) is 0 Å². The molecule has 6 nitrogen and oxygen atoms in total. The molecule has 1 aliphatic rings. The number of likely N-dealkylation sites (tertiary alicyclic amines) is 1. The van der Waals surface area contributed by atoms with Gasteiger partial charge in [-0.05, 0) is 38.5 Å². The molecule has 1 aliphatic heterocycles. The molecule has 1 amide bonds. The number of nitrogens with zero attached hydrogens (tertiary/aromatic N) is 4. The van der Waals surface area contributed by atoms with Gasteiger partial charge in [0.05, 0.1) is 11.6 Å². The monoisotopic (exact) mass is 288 g/mol. The Morgan fingerprint density at radius 1 is 1.52 bits per heavy atom. The van der Waals surface area contributed by atoms with Crippen molar-refractivity contribution in [2.45, 2.75) is 32.9 Å². The van der Waals surface area contributed by atoms with Crippen LogP contribution in [0.1, 0.15) is 30.6 Å². The summed E-state index contributed by atoms with van der Waals surface area (Å²) in [4.78, 5) is 14.3. The summed E-state index contributed by atoms with van der Waals surface area (Å²) in [5, 5.41) is 17.8. The molecule has 21 heavy (non-hydrogen) atoms. The first kappa shape index (κ1) is 14.0. The molecule has 0 aliphatic carbocycles. The first-order valence-corrected chi connectivity index (χ1v) is 7.40. The second kappa shape index (κ2) is 5.44. The van der Waals surface area contributed by atoms with Gasteiger partial charge in [0.15, 0.2) is 0 Å². The van der Waals surface area contributed by atoms with Crippen LogP contribution < -0.4 is 0 Å². The summed E-state index contributed by atoms with van der Waals surface area (Å²) in [7, 11) is 0. The summed E-state index contributed by atoms with van der Waals surface area (Å²) in [6, 6.07) is 5.52. The van der Waals surface area contributed by atoms with Crippen molar-refractivity contribution in [3.8, 4) is 0 Å². The van der Waals surface area contributed by atoms with Gasteiger partial charge in [-0.1, -0.05) is 5.21 Å². The van der Waals surface area contributed by atoms with Gasteiger partial charge in [-0.25, -0.2) is 4.68 Å². The molecule has 2 aromatic rings. The van der Waals surface area contributed by atoms with Crippen molar-refractivity contribution in [2.24, 2.45) is 5.92 Å². The molecule has 0 saturated carbocycles. The fourth-order valence-electron chi connectivity index (χ4n) is 2.89. The molecular formula is C15H20N4O2. The molecule has 1 aromatic heterocycles. The maximum absolute atomic E-state index is 12.5. The van der Waals surface area contributed by atoms with Crippen LogP contribution in [0, 0.1) is 5.92 Å². The maximum atomic E-state index is 12.5. The lowest BCUT2D eigenvalue weighted by Crippen LogP contribution is -2.30. The number of aromatic nitrogens is 3. The van der Waals surface area contributed by atoms with Gasteiger partial charge in [0.1, 0.15) is 5.52 Å². The van der Waals surface area contributed by atoms with Crippen LogP contribution in [0.25, 0.3) is 11.0 Å². The molecule has 0 bridgehead atoms. The average molecular weight is 288 g/mol. The molecule has 3 rings (SSSR count). The Morgan fingerprint density at radius 3 is 3.00 bits per heavy atom. The predicted octanol–water partition coefficient (Wildman–Crippen LogP) is 1.29. The molecular weight excluding hydrogens is 268 g/mol. The van der Waals surface area contributed by atoms with Crippen LogP contribution >= 0.6 is 0 Å². The maximum Gasteiger partial charge on any atom is 0.253 e. The fourth-order valence-corrected chi connectivity index (χ4v) is 2.89. The number of hydrogen-bond donors (Lipinski definition) is 1. The third-order valence-electron chi connectivity index (χ3n) is 4.25. The summed E-state index contributed by atoms with van der Waals surface area (Å²) in [6.45, 7) is 5.87. The minimum Gasteiger partial charge on any atom is -0.393 e. The largest absolute Gasteiger partial charge is 0.393 e. The third kappa shape index (κ3) is 2.51. The normalized spacial score (nSPS) is 20.1. The van der Waals surface area contributed by atoms with Crippen LogP contribution in [0.3, 0.4) is 0 Å². The highest BCUT2D eigenvalue weighted by molar-refractivity contribution is 5.97. The Kier molecular flexibility index (Phi) is 3.63. The Morgan fingerprint density at radius 2 is 2.33 bits per heavy atom. The van der Waals surface area contributed by atoms with Crippen LogP contribution in [-0.2, 0) is 6.54 Å².